The van der Waals surface area contributed by atoms with Crippen molar-refractivity contribution in [3.05, 3.63) is 35.9 Å². The number of hydrogen-bond acceptors (Lipinski definition) is 6. The maximum Gasteiger partial charge on any atom is 0.255 e. The maximum absolute atomic E-state index is 6.15. The second-order valence-electron chi connectivity index (χ2n) is 5.94. The van der Waals surface area contributed by atoms with Gasteiger partial charge >= 0.3 is 0 Å². The van der Waals surface area contributed by atoms with Crippen LogP contribution in [0, 0.1) is 12.8 Å². The van der Waals surface area contributed by atoms with Crippen molar-refractivity contribution in [2.75, 3.05) is 13.1 Å². The Bertz CT molecular complexity index is 595. The van der Waals surface area contributed by atoms with Crippen LogP contribution in [0.25, 0.3) is 0 Å². The molecule has 112 valence electrons. The molecule has 2 aliphatic heterocycles. The fourth-order valence-electron chi connectivity index (χ4n) is 3.36. The summed E-state index contributed by atoms with van der Waals surface area (Å²) in [6, 6.07) is 3.95. The summed E-state index contributed by atoms with van der Waals surface area (Å²) in [6.45, 7) is 4.71. The Hall–Kier alpha value is -1.66. The first-order valence-corrected chi connectivity index (χ1v) is 7.48. The zero-order valence-electron chi connectivity index (χ0n) is 12.1. The number of nitrogens with zero attached hydrogens (tertiary/aromatic N) is 3. The van der Waals surface area contributed by atoms with E-state index in [0.29, 0.717) is 17.6 Å². The van der Waals surface area contributed by atoms with Gasteiger partial charge in [0.2, 0.25) is 0 Å². The molecule has 6 heteroatoms. The predicted octanol–water partition coefficient (Wildman–Crippen LogP) is 2.32. The van der Waals surface area contributed by atoms with Gasteiger partial charge in [0.25, 0.3) is 5.89 Å². The zero-order valence-corrected chi connectivity index (χ0v) is 12.1. The summed E-state index contributed by atoms with van der Waals surface area (Å²) >= 11 is 0. The van der Waals surface area contributed by atoms with Gasteiger partial charge in [-0.15, -0.1) is 0 Å². The Morgan fingerprint density at radius 2 is 2.38 bits per heavy atom. The zero-order chi connectivity index (χ0) is 14.2. The van der Waals surface area contributed by atoms with E-state index in [0.717, 1.165) is 38.2 Å². The van der Waals surface area contributed by atoms with E-state index in [9.17, 15) is 0 Å². The minimum atomic E-state index is -0.0373. The molecule has 0 saturated carbocycles. The fraction of sp³-hybridized carbons (Fsp3) is 0.600. The van der Waals surface area contributed by atoms with Gasteiger partial charge in [-0.3, -0.25) is 4.90 Å². The van der Waals surface area contributed by atoms with Crippen LogP contribution in [0.3, 0.4) is 0 Å². The van der Waals surface area contributed by atoms with Crippen LogP contribution in [0.15, 0.2) is 27.3 Å². The van der Waals surface area contributed by atoms with Crippen LogP contribution in [-0.2, 0) is 11.3 Å². The molecule has 0 aromatic carbocycles. The minimum Gasteiger partial charge on any atom is -0.468 e. The fourth-order valence-corrected chi connectivity index (χ4v) is 3.36. The van der Waals surface area contributed by atoms with E-state index >= 15 is 0 Å². The second kappa shape index (κ2) is 5.27. The normalized spacial score (nSPS) is 29.7. The molecule has 0 spiro atoms. The van der Waals surface area contributed by atoms with Gasteiger partial charge in [0, 0.05) is 6.54 Å². The van der Waals surface area contributed by atoms with E-state index in [1.165, 1.54) is 0 Å². The lowest BCUT2D eigenvalue weighted by molar-refractivity contribution is -0.0201. The third-order valence-electron chi connectivity index (χ3n) is 4.41. The van der Waals surface area contributed by atoms with E-state index < -0.39 is 0 Å². The van der Waals surface area contributed by atoms with E-state index in [2.05, 4.69) is 15.0 Å². The van der Waals surface area contributed by atoms with Crippen molar-refractivity contribution in [2.24, 2.45) is 5.92 Å². The molecule has 21 heavy (non-hydrogen) atoms. The molecule has 0 radical (unpaired) electrons. The van der Waals surface area contributed by atoms with Crippen LogP contribution in [-0.4, -0.2) is 34.2 Å². The highest BCUT2D eigenvalue weighted by molar-refractivity contribution is 5.00. The highest BCUT2D eigenvalue weighted by atomic mass is 16.5. The first kappa shape index (κ1) is 13.0. The van der Waals surface area contributed by atoms with Crippen LogP contribution in [0.1, 0.15) is 36.4 Å². The standard InChI is InChI=1S/C15H19N3O3/c1-10-16-15(21-17-10)13-7-11-4-5-18(9-14(11)20-13)8-12-3-2-6-19-12/h2-3,6,11,13-14H,4-5,7-9H2,1H3/t11-,13-,14+/m0/s1. The molecule has 3 atom stereocenters. The molecule has 2 aliphatic rings. The first-order chi connectivity index (χ1) is 10.3. The molecule has 0 bridgehead atoms. The molecule has 4 rings (SSSR count). The van der Waals surface area contributed by atoms with Gasteiger partial charge in [-0.2, -0.15) is 4.98 Å². The highest BCUT2D eigenvalue weighted by Crippen LogP contribution is 2.40. The molecule has 0 N–H and O–H groups in total. The van der Waals surface area contributed by atoms with Crippen molar-refractivity contribution in [1.82, 2.24) is 15.0 Å². The van der Waals surface area contributed by atoms with E-state index in [1.54, 1.807) is 6.26 Å². The van der Waals surface area contributed by atoms with Crippen molar-refractivity contribution in [1.29, 1.82) is 0 Å². The average Bonchev–Trinajstić information content (AvgIpc) is 3.18. The number of hydrogen-bond donors (Lipinski definition) is 0. The van der Waals surface area contributed by atoms with Gasteiger partial charge < -0.3 is 13.7 Å². The molecule has 6 nitrogen and oxygen atoms in total. The minimum absolute atomic E-state index is 0.0373. The van der Waals surface area contributed by atoms with Gasteiger partial charge in [-0.05, 0) is 44.4 Å². The number of aromatic nitrogens is 2. The predicted molar refractivity (Wildman–Crippen MR) is 73.4 cm³/mol. The summed E-state index contributed by atoms with van der Waals surface area (Å²) in [5, 5.41) is 3.85. The Balaban J connectivity index is 1.40. The second-order valence-corrected chi connectivity index (χ2v) is 5.94. The third-order valence-corrected chi connectivity index (χ3v) is 4.41. The highest BCUT2D eigenvalue weighted by Gasteiger charge is 2.41. The lowest BCUT2D eigenvalue weighted by Gasteiger charge is -2.33. The monoisotopic (exact) mass is 289 g/mol. The Morgan fingerprint density at radius 1 is 1.43 bits per heavy atom. The molecule has 0 amide bonds. The SMILES string of the molecule is Cc1noc([C@@H]2C[C@@H]3CCN(Cc4ccco4)C[C@H]3O2)n1. The van der Waals surface area contributed by atoms with Gasteiger partial charge in [0.15, 0.2) is 5.82 Å². The average molecular weight is 289 g/mol. The van der Waals surface area contributed by atoms with E-state index in [4.69, 9.17) is 13.7 Å². The molecule has 2 fully saturated rings. The van der Waals surface area contributed by atoms with Crippen LogP contribution in [0.2, 0.25) is 0 Å². The van der Waals surface area contributed by atoms with Crippen LogP contribution < -0.4 is 0 Å². The lowest BCUT2D eigenvalue weighted by atomic mass is 9.92. The number of likely N-dealkylation sites (tertiary alicyclic amines) is 1. The van der Waals surface area contributed by atoms with Gasteiger partial charge in [-0.1, -0.05) is 5.16 Å². The summed E-state index contributed by atoms with van der Waals surface area (Å²) in [7, 11) is 0. The quantitative estimate of drug-likeness (QED) is 0.864. The van der Waals surface area contributed by atoms with Crippen molar-refractivity contribution in [3.8, 4) is 0 Å². The number of ether oxygens (including phenoxy) is 1. The molecule has 2 saturated heterocycles. The van der Waals surface area contributed by atoms with Crippen LogP contribution in [0.4, 0.5) is 0 Å². The third kappa shape index (κ3) is 2.61. The summed E-state index contributed by atoms with van der Waals surface area (Å²) in [6.07, 6.45) is 4.08. The first-order valence-electron chi connectivity index (χ1n) is 7.48. The molecular formula is C15H19N3O3. The Kier molecular flexibility index (Phi) is 3.27. The summed E-state index contributed by atoms with van der Waals surface area (Å²) in [5.74, 6) is 2.90. The molecular weight excluding hydrogens is 270 g/mol. The number of piperidine rings is 1. The summed E-state index contributed by atoms with van der Waals surface area (Å²) < 4.78 is 16.8. The van der Waals surface area contributed by atoms with Crippen molar-refractivity contribution >= 4 is 0 Å². The molecule has 4 heterocycles. The van der Waals surface area contributed by atoms with Crippen molar-refractivity contribution in [2.45, 2.75) is 38.5 Å². The molecule has 0 aliphatic carbocycles. The number of aryl methyl sites for hydroxylation is 1. The van der Waals surface area contributed by atoms with E-state index in [-0.39, 0.29) is 12.2 Å². The van der Waals surface area contributed by atoms with Crippen LogP contribution >= 0.6 is 0 Å². The molecule has 0 unspecified atom stereocenters. The maximum atomic E-state index is 6.15. The van der Waals surface area contributed by atoms with Crippen molar-refractivity contribution in [3.63, 3.8) is 0 Å². The van der Waals surface area contributed by atoms with Gasteiger partial charge in [0.1, 0.15) is 11.9 Å². The molecule has 2 aromatic heterocycles. The number of fused-ring (bicyclic) bond motifs is 1. The van der Waals surface area contributed by atoms with Crippen LogP contribution in [0.5, 0.6) is 0 Å². The lowest BCUT2D eigenvalue weighted by Crippen LogP contribution is -2.41. The van der Waals surface area contributed by atoms with Gasteiger partial charge in [-0.25, -0.2) is 0 Å². The van der Waals surface area contributed by atoms with E-state index in [1.807, 2.05) is 19.1 Å². The largest absolute Gasteiger partial charge is 0.468 e. The number of rotatable bonds is 3. The Morgan fingerprint density at radius 3 is 3.14 bits per heavy atom. The van der Waals surface area contributed by atoms with Crippen molar-refractivity contribution < 1.29 is 13.7 Å². The molecule has 2 aromatic rings. The van der Waals surface area contributed by atoms with Gasteiger partial charge in [0.05, 0.1) is 18.9 Å². The Labute approximate surface area is 123 Å². The summed E-state index contributed by atoms with van der Waals surface area (Å²) in [4.78, 5) is 6.69. The smallest absolute Gasteiger partial charge is 0.255 e. The summed E-state index contributed by atoms with van der Waals surface area (Å²) in [5.41, 5.74) is 0. The topological polar surface area (TPSA) is 64.5 Å². The number of furan rings is 1.